The summed E-state index contributed by atoms with van der Waals surface area (Å²) in [6, 6.07) is 12.0. The molecule has 0 atom stereocenters. The van der Waals surface area contributed by atoms with Crippen LogP contribution in [0.5, 0.6) is 11.5 Å². The number of hydrogen-bond donors (Lipinski definition) is 2. The van der Waals surface area contributed by atoms with Crippen LogP contribution in [0.25, 0.3) is 0 Å². The molecule has 3 rings (SSSR count). The highest BCUT2D eigenvalue weighted by Crippen LogP contribution is 2.26. The number of hydrogen-bond acceptors (Lipinski definition) is 6. The van der Waals surface area contributed by atoms with E-state index in [0.29, 0.717) is 18.6 Å². The highest BCUT2D eigenvalue weighted by Gasteiger charge is 2.32. The number of methoxy groups -OCH3 is 1. The third-order valence-corrected chi connectivity index (χ3v) is 8.86. The summed E-state index contributed by atoms with van der Waals surface area (Å²) in [6.07, 6.45) is 6.15. The lowest BCUT2D eigenvalue weighted by Gasteiger charge is -2.29. The number of piperidine rings is 1. The summed E-state index contributed by atoms with van der Waals surface area (Å²) in [6.45, 7) is 3.54. The first-order chi connectivity index (χ1) is 20.0. The van der Waals surface area contributed by atoms with Gasteiger partial charge in [0.05, 0.1) is 17.9 Å². The number of anilines is 1. The molecule has 1 heterocycles. The molecule has 2 N–H and O–H groups in total. The lowest BCUT2D eigenvalue weighted by molar-refractivity contribution is -0.274. The molecule has 0 aliphatic carbocycles. The van der Waals surface area contributed by atoms with E-state index in [1.165, 1.54) is 80.6 Å². The molecule has 0 spiro atoms. The number of unbranched alkanes of at least 4 members (excludes halogenated alkanes) is 7. The number of alkyl halides is 3. The Kier molecular flexibility index (Phi) is 15.0. The Labute approximate surface area is 247 Å². The van der Waals surface area contributed by atoms with Crippen molar-refractivity contribution in [2.45, 2.75) is 82.4 Å². The first-order valence-corrected chi connectivity index (χ1v) is 15.9. The second-order valence-corrected chi connectivity index (χ2v) is 12.1. The fraction of sp³-hybridized carbons (Fsp3) is 0.567. The summed E-state index contributed by atoms with van der Waals surface area (Å²) in [4.78, 5) is 11.1. The Hall–Kier alpha value is -2.99. The Morgan fingerprint density at radius 1 is 0.905 bits per heavy atom. The van der Waals surface area contributed by atoms with Crippen LogP contribution in [0.3, 0.4) is 0 Å². The summed E-state index contributed by atoms with van der Waals surface area (Å²) in [7, 11) is -2.04. The van der Waals surface area contributed by atoms with Gasteiger partial charge in [0.1, 0.15) is 11.5 Å². The topological polar surface area (TPSA) is 105 Å². The fourth-order valence-electron chi connectivity index (χ4n) is 4.51. The van der Waals surface area contributed by atoms with Crippen LogP contribution in [-0.2, 0) is 14.8 Å². The number of carboxylic acids is 1. The van der Waals surface area contributed by atoms with Gasteiger partial charge in [-0.25, -0.2) is 8.42 Å². The second kappa shape index (κ2) is 17.8. The van der Waals surface area contributed by atoms with E-state index in [-0.39, 0.29) is 23.7 Å². The van der Waals surface area contributed by atoms with E-state index in [1.54, 1.807) is 24.3 Å². The predicted molar refractivity (Wildman–Crippen MR) is 156 cm³/mol. The zero-order chi connectivity index (χ0) is 31.0. The molecule has 12 heteroatoms. The van der Waals surface area contributed by atoms with Gasteiger partial charge < -0.3 is 19.9 Å². The quantitative estimate of drug-likeness (QED) is 0.202. The van der Waals surface area contributed by atoms with Gasteiger partial charge in [0.15, 0.2) is 0 Å². The maximum Gasteiger partial charge on any atom is 0.573 e. The summed E-state index contributed by atoms with van der Waals surface area (Å²) in [5, 5.41) is 12.1. The molecule has 8 nitrogen and oxygen atoms in total. The number of benzene rings is 2. The fourth-order valence-corrected chi connectivity index (χ4v) is 5.98. The molecule has 1 saturated heterocycles. The van der Waals surface area contributed by atoms with E-state index in [0.717, 1.165) is 18.7 Å². The molecular formula is C30H43F3N2O6S. The minimum atomic E-state index is -4.63. The molecule has 0 saturated carbocycles. The Balaban J connectivity index is 0.000000294. The Bertz CT molecular complexity index is 1150. The first-order valence-electron chi connectivity index (χ1n) is 14.4. The molecule has 1 aliphatic rings. The van der Waals surface area contributed by atoms with Crippen LogP contribution < -0.4 is 14.8 Å². The highest BCUT2D eigenvalue weighted by atomic mass is 32.2. The number of aliphatic carboxylic acids is 1. The van der Waals surface area contributed by atoms with Crippen molar-refractivity contribution in [2.75, 3.05) is 32.1 Å². The smallest absolute Gasteiger partial charge is 0.497 e. The van der Waals surface area contributed by atoms with Gasteiger partial charge in [-0.2, -0.15) is 4.31 Å². The third kappa shape index (κ3) is 12.9. The van der Waals surface area contributed by atoms with Crippen molar-refractivity contribution in [3.05, 3.63) is 48.5 Å². The standard InChI is InChI=1S/C17H26F3NO.C13H17NO5S/c1-2-3-4-5-6-7-8-9-14-21-15-10-12-16(13-11-15)22-17(18,19)20;1-19-11-2-4-12(5-3-11)20(17,18)14-8-6-10(7-9-14)13(15)16/h10-13,21H,2-9,14H2,1H3;2-5,10H,6-9H2,1H3,(H,15,16). The molecule has 1 aliphatic heterocycles. The molecule has 0 aromatic heterocycles. The summed E-state index contributed by atoms with van der Waals surface area (Å²) in [5.74, 6) is -0.900. The molecule has 0 amide bonds. The second-order valence-electron chi connectivity index (χ2n) is 10.2. The number of nitrogens with zero attached hydrogens (tertiary/aromatic N) is 1. The number of sulfonamides is 1. The average Bonchev–Trinajstić information content (AvgIpc) is 2.97. The minimum Gasteiger partial charge on any atom is -0.497 e. The molecule has 2 aromatic rings. The maximum atomic E-state index is 12.4. The molecule has 0 bridgehead atoms. The normalized spacial score (nSPS) is 14.5. The van der Waals surface area contributed by atoms with Gasteiger partial charge in [-0.15, -0.1) is 13.2 Å². The Morgan fingerprint density at radius 2 is 1.43 bits per heavy atom. The van der Waals surface area contributed by atoms with Crippen molar-refractivity contribution in [1.82, 2.24) is 4.31 Å². The number of nitrogens with one attached hydrogen (secondary N) is 1. The lowest BCUT2D eigenvalue weighted by atomic mass is 9.99. The van der Waals surface area contributed by atoms with Crippen LogP contribution in [0.1, 0.15) is 71.1 Å². The van der Waals surface area contributed by atoms with E-state index < -0.39 is 28.3 Å². The number of carbonyl (C=O) groups is 1. The van der Waals surface area contributed by atoms with Crippen LogP contribution in [-0.4, -0.2) is 56.9 Å². The number of ether oxygens (including phenoxy) is 2. The van der Waals surface area contributed by atoms with E-state index in [2.05, 4.69) is 17.0 Å². The van der Waals surface area contributed by atoms with Crippen LogP contribution >= 0.6 is 0 Å². The summed E-state index contributed by atoms with van der Waals surface area (Å²) < 4.78 is 71.0. The predicted octanol–water partition coefficient (Wildman–Crippen LogP) is 7.32. The van der Waals surface area contributed by atoms with E-state index in [1.807, 2.05) is 0 Å². The van der Waals surface area contributed by atoms with Gasteiger partial charge in [-0.05, 0) is 67.8 Å². The van der Waals surface area contributed by atoms with Gasteiger partial charge >= 0.3 is 12.3 Å². The van der Waals surface area contributed by atoms with Gasteiger partial charge in [-0.1, -0.05) is 51.9 Å². The minimum absolute atomic E-state index is 0.190. The molecule has 2 aromatic carbocycles. The van der Waals surface area contributed by atoms with Crippen LogP contribution in [0.15, 0.2) is 53.4 Å². The van der Waals surface area contributed by atoms with Gasteiger partial charge in [0.25, 0.3) is 0 Å². The summed E-state index contributed by atoms with van der Waals surface area (Å²) >= 11 is 0. The van der Waals surface area contributed by atoms with Crippen molar-refractivity contribution in [3.8, 4) is 11.5 Å². The number of rotatable bonds is 15. The molecule has 0 radical (unpaired) electrons. The number of halogens is 3. The molecular weight excluding hydrogens is 573 g/mol. The first kappa shape index (κ1) is 35.2. The summed E-state index contributed by atoms with van der Waals surface area (Å²) in [5.41, 5.74) is 0.817. The van der Waals surface area contributed by atoms with Crippen LogP contribution in [0.2, 0.25) is 0 Å². The van der Waals surface area contributed by atoms with Gasteiger partial charge in [-0.3, -0.25) is 4.79 Å². The van der Waals surface area contributed by atoms with Crippen LogP contribution in [0.4, 0.5) is 18.9 Å². The van der Waals surface area contributed by atoms with E-state index in [4.69, 9.17) is 9.84 Å². The van der Waals surface area contributed by atoms with Crippen molar-refractivity contribution >= 4 is 21.7 Å². The third-order valence-electron chi connectivity index (χ3n) is 6.95. The van der Waals surface area contributed by atoms with Crippen molar-refractivity contribution in [1.29, 1.82) is 0 Å². The largest absolute Gasteiger partial charge is 0.573 e. The van der Waals surface area contributed by atoms with E-state index >= 15 is 0 Å². The molecule has 0 unspecified atom stereocenters. The van der Waals surface area contributed by atoms with Gasteiger partial charge in [0.2, 0.25) is 10.0 Å². The maximum absolute atomic E-state index is 12.4. The monoisotopic (exact) mass is 616 g/mol. The average molecular weight is 617 g/mol. The zero-order valence-corrected chi connectivity index (χ0v) is 25.2. The van der Waals surface area contributed by atoms with Crippen molar-refractivity contribution < 1.29 is 41.0 Å². The zero-order valence-electron chi connectivity index (χ0n) is 24.4. The van der Waals surface area contributed by atoms with E-state index in [9.17, 15) is 26.4 Å². The van der Waals surface area contributed by atoms with Gasteiger partial charge in [0, 0.05) is 25.3 Å². The SMILES string of the molecule is CCCCCCCCCCNc1ccc(OC(F)(F)F)cc1.COc1ccc(S(=O)(=O)N2CCC(C(=O)O)CC2)cc1. The lowest BCUT2D eigenvalue weighted by Crippen LogP contribution is -2.40. The van der Waals surface area contributed by atoms with Crippen molar-refractivity contribution in [3.63, 3.8) is 0 Å². The van der Waals surface area contributed by atoms with Crippen molar-refractivity contribution in [2.24, 2.45) is 5.92 Å². The van der Waals surface area contributed by atoms with Crippen LogP contribution in [0, 0.1) is 5.92 Å². The molecule has 1 fully saturated rings. The highest BCUT2D eigenvalue weighted by molar-refractivity contribution is 7.89. The Morgan fingerprint density at radius 3 is 1.93 bits per heavy atom. The molecule has 236 valence electrons. The molecule has 42 heavy (non-hydrogen) atoms. The number of carboxylic acid groups (broad SMARTS) is 1.